The van der Waals surface area contributed by atoms with Gasteiger partial charge in [0.25, 0.3) is 0 Å². The molecule has 7 heteroatoms. The molecule has 0 atom stereocenters. The van der Waals surface area contributed by atoms with Crippen LogP contribution >= 0.6 is 0 Å². The first-order chi connectivity index (χ1) is 8.16. The van der Waals surface area contributed by atoms with Crippen LogP contribution in [0.4, 0.5) is 0 Å². The van der Waals surface area contributed by atoms with Gasteiger partial charge in [-0.3, -0.25) is 4.68 Å². The quantitative estimate of drug-likeness (QED) is 0.772. The van der Waals surface area contributed by atoms with Crippen molar-refractivity contribution in [3.05, 3.63) is 11.9 Å². The van der Waals surface area contributed by atoms with Gasteiger partial charge in [-0.25, -0.2) is 4.79 Å². The predicted octanol–water partition coefficient (Wildman–Crippen LogP) is 0.417. The molecular formula is C11H17BN2O4. The van der Waals surface area contributed by atoms with E-state index in [1.807, 2.05) is 27.7 Å². The van der Waals surface area contributed by atoms with Crippen LogP contribution in [0.5, 0.6) is 0 Å². The third-order valence-corrected chi connectivity index (χ3v) is 3.68. The van der Waals surface area contributed by atoms with E-state index in [-0.39, 0.29) is 5.69 Å². The van der Waals surface area contributed by atoms with Gasteiger partial charge in [0, 0.05) is 18.7 Å². The van der Waals surface area contributed by atoms with Crippen molar-refractivity contribution in [3.63, 3.8) is 0 Å². The zero-order chi connectivity index (χ0) is 13.7. The number of carboxylic acids is 1. The van der Waals surface area contributed by atoms with Crippen molar-refractivity contribution in [1.82, 2.24) is 9.78 Å². The molecule has 1 aliphatic rings. The number of hydrogen-bond donors (Lipinski definition) is 1. The molecular weight excluding hydrogens is 235 g/mol. The summed E-state index contributed by atoms with van der Waals surface area (Å²) >= 11 is 0. The molecule has 6 nitrogen and oxygen atoms in total. The molecule has 1 fully saturated rings. The summed E-state index contributed by atoms with van der Waals surface area (Å²) in [6.07, 6.45) is 1.48. The van der Waals surface area contributed by atoms with E-state index < -0.39 is 24.3 Å². The molecule has 0 amide bonds. The molecule has 1 aromatic heterocycles. The van der Waals surface area contributed by atoms with Gasteiger partial charge >= 0.3 is 13.1 Å². The summed E-state index contributed by atoms with van der Waals surface area (Å²) in [5, 5.41) is 13.1. The summed E-state index contributed by atoms with van der Waals surface area (Å²) in [6, 6.07) is 0. The summed E-state index contributed by atoms with van der Waals surface area (Å²) in [5.74, 6) is -1.04. The summed E-state index contributed by atoms with van der Waals surface area (Å²) in [7, 11) is 0.882. The van der Waals surface area contributed by atoms with Crippen LogP contribution in [-0.2, 0) is 16.4 Å². The fourth-order valence-corrected chi connectivity index (χ4v) is 1.86. The Hall–Kier alpha value is -1.34. The number of rotatable bonds is 2. The van der Waals surface area contributed by atoms with Crippen molar-refractivity contribution in [1.29, 1.82) is 0 Å². The SMILES string of the molecule is Cn1ncc(B2OC(C)(C)C(C)(C)O2)c1C(=O)O. The van der Waals surface area contributed by atoms with Crippen molar-refractivity contribution < 1.29 is 19.2 Å². The highest BCUT2D eigenvalue weighted by atomic mass is 16.7. The highest BCUT2D eigenvalue weighted by Crippen LogP contribution is 2.36. The second kappa shape index (κ2) is 3.83. The summed E-state index contributed by atoms with van der Waals surface area (Å²) in [6.45, 7) is 7.68. The van der Waals surface area contributed by atoms with E-state index >= 15 is 0 Å². The monoisotopic (exact) mass is 252 g/mol. The molecule has 98 valence electrons. The number of carbonyl (C=O) groups is 1. The molecule has 0 radical (unpaired) electrons. The minimum Gasteiger partial charge on any atom is -0.477 e. The average molecular weight is 252 g/mol. The molecule has 2 rings (SSSR count). The van der Waals surface area contributed by atoms with Crippen LogP contribution in [0.15, 0.2) is 6.20 Å². The number of aromatic nitrogens is 2. The molecule has 0 unspecified atom stereocenters. The fraction of sp³-hybridized carbons (Fsp3) is 0.636. The first-order valence-electron chi connectivity index (χ1n) is 5.76. The van der Waals surface area contributed by atoms with Gasteiger partial charge < -0.3 is 14.4 Å². The lowest BCUT2D eigenvalue weighted by molar-refractivity contribution is 0.00578. The molecule has 0 bridgehead atoms. The normalized spacial score (nSPS) is 21.3. The maximum atomic E-state index is 11.2. The van der Waals surface area contributed by atoms with E-state index in [0.717, 1.165) is 0 Å². The Morgan fingerprint density at radius 1 is 1.33 bits per heavy atom. The van der Waals surface area contributed by atoms with E-state index in [0.29, 0.717) is 5.46 Å². The Morgan fingerprint density at radius 2 is 1.83 bits per heavy atom. The van der Waals surface area contributed by atoms with Gasteiger partial charge in [0.2, 0.25) is 0 Å². The minimum atomic E-state index is -1.04. The van der Waals surface area contributed by atoms with Crippen LogP contribution in [0, 0.1) is 0 Å². The van der Waals surface area contributed by atoms with Crippen LogP contribution < -0.4 is 5.46 Å². The molecule has 18 heavy (non-hydrogen) atoms. The topological polar surface area (TPSA) is 73.6 Å². The Morgan fingerprint density at radius 3 is 2.28 bits per heavy atom. The molecule has 0 spiro atoms. The molecule has 2 heterocycles. The zero-order valence-corrected chi connectivity index (χ0v) is 11.2. The van der Waals surface area contributed by atoms with E-state index in [1.54, 1.807) is 7.05 Å². The van der Waals surface area contributed by atoms with Gasteiger partial charge in [0.15, 0.2) is 0 Å². The van der Waals surface area contributed by atoms with Crippen molar-refractivity contribution in [2.75, 3.05) is 0 Å². The van der Waals surface area contributed by atoms with Crippen LogP contribution in [0.3, 0.4) is 0 Å². The number of aromatic carboxylic acids is 1. The predicted molar refractivity (Wildman–Crippen MR) is 65.9 cm³/mol. The molecule has 0 aromatic carbocycles. The number of aryl methyl sites for hydroxylation is 1. The number of carboxylic acid groups (broad SMARTS) is 1. The fourth-order valence-electron chi connectivity index (χ4n) is 1.86. The lowest BCUT2D eigenvalue weighted by atomic mass is 9.79. The molecule has 0 aliphatic carbocycles. The van der Waals surface area contributed by atoms with E-state index in [2.05, 4.69) is 5.10 Å². The highest BCUT2D eigenvalue weighted by Gasteiger charge is 2.53. The van der Waals surface area contributed by atoms with E-state index in [9.17, 15) is 9.90 Å². The molecule has 1 aromatic rings. The van der Waals surface area contributed by atoms with Gasteiger partial charge in [-0.1, -0.05) is 0 Å². The second-order valence-electron chi connectivity index (χ2n) is 5.47. The van der Waals surface area contributed by atoms with E-state index in [1.165, 1.54) is 10.9 Å². The first kappa shape index (κ1) is 13.1. The maximum absolute atomic E-state index is 11.2. The third-order valence-electron chi connectivity index (χ3n) is 3.68. The van der Waals surface area contributed by atoms with Crippen LogP contribution in [0.25, 0.3) is 0 Å². The highest BCUT2D eigenvalue weighted by molar-refractivity contribution is 6.63. The van der Waals surface area contributed by atoms with Gasteiger partial charge in [0.1, 0.15) is 5.69 Å². The lowest BCUT2D eigenvalue weighted by Crippen LogP contribution is -2.41. The van der Waals surface area contributed by atoms with Crippen molar-refractivity contribution in [2.45, 2.75) is 38.9 Å². The van der Waals surface area contributed by atoms with Gasteiger partial charge in [-0.15, -0.1) is 0 Å². The van der Waals surface area contributed by atoms with Gasteiger partial charge in [-0.05, 0) is 27.7 Å². The number of nitrogens with zero attached hydrogens (tertiary/aromatic N) is 2. The Kier molecular flexibility index (Phi) is 2.79. The molecule has 1 N–H and O–H groups in total. The van der Waals surface area contributed by atoms with Crippen LogP contribution in [-0.4, -0.2) is 39.2 Å². The largest absolute Gasteiger partial charge is 0.498 e. The third kappa shape index (κ3) is 1.83. The smallest absolute Gasteiger partial charge is 0.477 e. The molecule has 0 saturated carbocycles. The van der Waals surface area contributed by atoms with Crippen molar-refractivity contribution >= 4 is 18.6 Å². The number of hydrogen-bond acceptors (Lipinski definition) is 4. The van der Waals surface area contributed by atoms with E-state index in [4.69, 9.17) is 9.31 Å². The summed E-state index contributed by atoms with van der Waals surface area (Å²) in [4.78, 5) is 11.2. The second-order valence-corrected chi connectivity index (χ2v) is 5.47. The Balaban J connectivity index is 2.39. The standard InChI is InChI=1S/C11H17BN2O4/c1-10(2)11(3,4)18-12(17-10)7-6-13-14(5)8(7)9(15)16/h6H,1-5H3,(H,15,16). The van der Waals surface area contributed by atoms with Crippen molar-refractivity contribution in [3.8, 4) is 0 Å². The van der Waals surface area contributed by atoms with Crippen LogP contribution in [0.2, 0.25) is 0 Å². The van der Waals surface area contributed by atoms with Crippen LogP contribution in [0.1, 0.15) is 38.2 Å². The minimum absolute atomic E-state index is 0.0912. The maximum Gasteiger partial charge on any atom is 0.498 e. The van der Waals surface area contributed by atoms with Gasteiger partial charge in [0.05, 0.1) is 11.2 Å². The Labute approximate surface area is 106 Å². The zero-order valence-electron chi connectivity index (χ0n) is 11.2. The van der Waals surface area contributed by atoms with Gasteiger partial charge in [-0.2, -0.15) is 5.10 Å². The first-order valence-corrected chi connectivity index (χ1v) is 5.76. The summed E-state index contributed by atoms with van der Waals surface area (Å²) < 4.78 is 12.9. The lowest BCUT2D eigenvalue weighted by Gasteiger charge is -2.32. The molecule has 1 saturated heterocycles. The van der Waals surface area contributed by atoms with Crippen molar-refractivity contribution in [2.24, 2.45) is 7.05 Å². The molecule has 1 aliphatic heterocycles. The Bertz CT molecular complexity index is 479. The summed E-state index contributed by atoms with van der Waals surface area (Å²) in [5.41, 5.74) is -0.454. The average Bonchev–Trinajstić information content (AvgIpc) is 2.66.